The number of rotatable bonds is 74. The zero-order valence-corrected chi connectivity index (χ0v) is 70.5. The number of nitrogens with zero attached hydrogens (tertiary/aromatic N) is 4. The van der Waals surface area contributed by atoms with E-state index in [0.717, 1.165) is 134 Å². The lowest BCUT2D eigenvalue weighted by atomic mass is 10.0. The minimum absolute atomic E-state index is 0.000799. The molecule has 0 aliphatic heterocycles. The predicted octanol–water partition coefficient (Wildman–Crippen LogP) is 24.8. The van der Waals surface area contributed by atoms with Crippen LogP contribution in [0.25, 0.3) is 0 Å². The van der Waals surface area contributed by atoms with Crippen molar-refractivity contribution in [3.8, 4) is 0 Å². The van der Waals surface area contributed by atoms with Crippen LogP contribution >= 0.6 is 23.5 Å². The Morgan fingerprint density at radius 3 is 0.873 bits per heavy atom. The van der Waals surface area contributed by atoms with Crippen LogP contribution in [-0.4, -0.2) is 157 Å². The fraction of sp³-hybridized carbons (Fsp3) is 0.907. The highest BCUT2D eigenvalue weighted by atomic mass is 32.2. The van der Waals surface area contributed by atoms with Gasteiger partial charge in [-0.05, 0) is 169 Å². The second-order valence-corrected chi connectivity index (χ2v) is 31.5. The van der Waals surface area contributed by atoms with Gasteiger partial charge in [0.1, 0.15) is 24.9 Å². The zero-order valence-electron chi connectivity index (χ0n) is 68.8. The molecule has 2 amide bonds. The van der Waals surface area contributed by atoms with Crippen molar-refractivity contribution in [1.29, 1.82) is 0 Å². The summed E-state index contributed by atoms with van der Waals surface area (Å²) in [6.45, 7) is 26.2. The number of carbonyl (C=O) groups excluding carboxylic acids is 6. The molecule has 16 heteroatoms. The van der Waals surface area contributed by atoms with Gasteiger partial charge in [0.25, 0.3) is 10.5 Å². The van der Waals surface area contributed by atoms with E-state index in [1.165, 1.54) is 216 Å². The summed E-state index contributed by atoms with van der Waals surface area (Å²) in [6.07, 6.45) is 60.1. The molecule has 0 heterocycles. The monoisotopic (exact) mass is 1480 g/mol. The topological polar surface area (TPSA) is 152 Å². The van der Waals surface area contributed by atoms with E-state index in [0.29, 0.717) is 77.7 Å². The average molecular weight is 1480 g/mol. The number of thioether (sulfide) groups is 2. The molecule has 0 saturated carbocycles. The van der Waals surface area contributed by atoms with Crippen molar-refractivity contribution in [2.45, 2.75) is 421 Å². The Morgan fingerprint density at radius 1 is 0.304 bits per heavy atom. The summed E-state index contributed by atoms with van der Waals surface area (Å²) < 4.78 is 23.5. The highest BCUT2D eigenvalue weighted by Crippen LogP contribution is 2.23. The number of amides is 2. The second-order valence-electron chi connectivity index (χ2n) is 29.4. The molecule has 0 aliphatic carbocycles. The van der Waals surface area contributed by atoms with Crippen molar-refractivity contribution >= 4 is 57.9 Å². The fourth-order valence-electron chi connectivity index (χ4n) is 12.8. The molecule has 0 saturated heterocycles. The summed E-state index contributed by atoms with van der Waals surface area (Å²) >= 11 is 2.70. The molecule has 0 aliphatic rings. The van der Waals surface area contributed by atoms with Gasteiger partial charge in [-0.2, -0.15) is 0 Å². The maximum atomic E-state index is 13.3. The van der Waals surface area contributed by atoms with Crippen molar-refractivity contribution in [2.75, 3.05) is 84.6 Å². The van der Waals surface area contributed by atoms with Crippen LogP contribution in [0.15, 0.2) is 12.2 Å². The molecule has 0 atom stereocenters. The highest BCUT2D eigenvalue weighted by Gasteiger charge is 2.22. The molecule has 0 unspecified atom stereocenters. The van der Waals surface area contributed by atoms with Gasteiger partial charge in [0.05, 0.1) is 0 Å². The van der Waals surface area contributed by atoms with Crippen LogP contribution in [0.3, 0.4) is 0 Å². The molecule has 0 fully saturated rings. The fourth-order valence-corrected chi connectivity index (χ4v) is 14.4. The number of hydrogen-bond donors (Lipinski definition) is 0. The van der Waals surface area contributed by atoms with Gasteiger partial charge < -0.3 is 38.5 Å². The van der Waals surface area contributed by atoms with E-state index in [1.54, 1.807) is 0 Å². The first kappa shape index (κ1) is 101. The summed E-state index contributed by atoms with van der Waals surface area (Å²) in [7, 11) is 4.09. The number of allylic oxidation sites excluding steroid dienone is 1. The van der Waals surface area contributed by atoms with E-state index in [2.05, 4.69) is 78.2 Å². The Bertz CT molecular complexity index is 1810. The second kappa shape index (κ2) is 79.2. The van der Waals surface area contributed by atoms with Crippen LogP contribution in [0.1, 0.15) is 403 Å². The number of esters is 4. The van der Waals surface area contributed by atoms with Gasteiger partial charge in [0, 0.05) is 63.4 Å². The molecular weight excluding hydrogens is 1310 g/mol. The van der Waals surface area contributed by atoms with Crippen LogP contribution in [0.2, 0.25) is 0 Å². The molecule has 0 aromatic rings. The number of hydrogen-bond acceptors (Lipinski definition) is 14. The van der Waals surface area contributed by atoms with E-state index >= 15 is 0 Å². The number of ether oxygens (including phenoxy) is 4. The molecule has 0 rings (SSSR count). The quantitative estimate of drug-likeness (QED) is 0.0246. The first-order chi connectivity index (χ1) is 49.7. The number of carbonyl (C=O) groups is 6. The molecule has 0 aromatic carbocycles. The summed E-state index contributed by atoms with van der Waals surface area (Å²) in [5, 5.41) is 0.0656. The van der Waals surface area contributed by atoms with E-state index in [4.69, 9.17) is 18.9 Å². The van der Waals surface area contributed by atoms with Crippen LogP contribution in [0.5, 0.6) is 0 Å². The summed E-state index contributed by atoms with van der Waals surface area (Å²) in [5.41, 5.74) is 0. The van der Waals surface area contributed by atoms with Crippen LogP contribution < -0.4 is 0 Å². The molecule has 0 N–H and O–H groups in total. The highest BCUT2D eigenvalue weighted by molar-refractivity contribution is 8.13. The lowest BCUT2D eigenvalue weighted by molar-refractivity contribution is -0.151. The smallest absolute Gasteiger partial charge is 0.306 e. The average Bonchev–Trinajstić information content (AvgIpc) is 0.988. The minimum atomic E-state index is -0.231. The third-order valence-electron chi connectivity index (χ3n) is 19.4. The van der Waals surface area contributed by atoms with Gasteiger partial charge in [0.2, 0.25) is 0 Å². The summed E-state index contributed by atoms with van der Waals surface area (Å²) in [5.74, 6) is 0.862. The third kappa shape index (κ3) is 70.2. The Morgan fingerprint density at radius 2 is 0.578 bits per heavy atom. The SMILES string of the molecule is CCCCCC/C=C\COC(=O)CCCN(CCCC(=O)OC(CCCCCCCC)CCCCCCCC)C(=O)SCCCN(CC)CC.CCCCCCCC(CCCCCCC)OC(=O)CCCN(CCCC(=O)OC(CCCCCCC)CCCCCCC)C(=O)SCCCN(C)C. The van der Waals surface area contributed by atoms with Gasteiger partial charge in [-0.1, -0.05) is 284 Å². The Balaban J connectivity index is 0. The first-order valence-electron chi connectivity index (χ1n) is 43.3. The molecular formula is C86H166N4O10S2. The van der Waals surface area contributed by atoms with E-state index < -0.39 is 0 Å². The van der Waals surface area contributed by atoms with Gasteiger partial charge in [-0.25, -0.2) is 0 Å². The van der Waals surface area contributed by atoms with Crippen molar-refractivity contribution in [3.63, 3.8) is 0 Å². The minimum Gasteiger partial charge on any atom is -0.462 e. The standard InChI is InChI=1S/C44H86N2O5S.C42H80N2O5S/c1-7-11-15-19-23-30-40(31-24-20-16-12-8-2)50-42(47)34-27-37-46(44(49)52-39-29-36-45(5)6)38-28-35-43(48)51-41(32-25-21-17-13-9-3)33-26-22-18-14-10-4;1-6-11-14-17-20-23-26-37-48-40(45)32-27-35-44(42(47)50-38-29-34-43(9-4)10-5)36-28-33-41(46)49-39(30-24-21-18-15-12-7-2)31-25-22-19-16-13-8-3/h40-41H,7-39H2,1-6H3;23,26,39H,6-22,24-25,27-38H2,1-5H3/b;26-23-. The Hall–Kier alpha value is -2.82. The lowest BCUT2D eigenvalue weighted by Crippen LogP contribution is -2.31. The van der Waals surface area contributed by atoms with Gasteiger partial charge in [-0.15, -0.1) is 0 Å². The lowest BCUT2D eigenvalue weighted by Gasteiger charge is -2.23. The molecule has 0 aromatic heterocycles. The van der Waals surface area contributed by atoms with Gasteiger partial charge in [-0.3, -0.25) is 28.8 Å². The zero-order chi connectivity index (χ0) is 75.4. The largest absolute Gasteiger partial charge is 0.462 e. The predicted molar refractivity (Wildman–Crippen MR) is 439 cm³/mol. The summed E-state index contributed by atoms with van der Waals surface area (Å²) in [4.78, 5) is 86.1. The van der Waals surface area contributed by atoms with Crippen molar-refractivity contribution in [3.05, 3.63) is 12.2 Å². The Labute approximate surface area is 639 Å². The normalized spacial score (nSPS) is 11.6. The van der Waals surface area contributed by atoms with Crippen LogP contribution in [0.4, 0.5) is 9.59 Å². The number of unbranched alkanes of at least 4 members (excludes halogenated alkanes) is 30. The van der Waals surface area contributed by atoms with E-state index in [1.807, 2.05) is 30.0 Å². The Kier molecular flexibility index (Phi) is 78.6. The van der Waals surface area contributed by atoms with Crippen molar-refractivity contribution < 1.29 is 47.7 Å². The third-order valence-corrected chi connectivity index (χ3v) is 21.4. The molecule has 0 spiro atoms. The maximum Gasteiger partial charge on any atom is 0.306 e. The molecule has 602 valence electrons. The molecule has 0 radical (unpaired) electrons. The van der Waals surface area contributed by atoms with E-state index in [9.17, 15) is 28.8 Å². The maximum absolute atomic E-state index is 13.3. The summed E-state index contributed by atoms with van der Waals surface area (Å²) in [6, 6.07) is 0. The van der Waals surface area contributed by atoms with E-state index in [-0.39, 0.29) is 59.1 Å². The van der Waals surface area contributed by atoms with Crippen LogP contribution in [0, 0.1) is 0 Å². The molecule has 14 nitrogen and oxygen atoms in total. The van der Waals surface area contributed by atoms with Gasteiger partial charge in [0.15, 0.2) is 0 Å². The van der Waals surface area contributed by atoms with Gasteiger partial charge >= 0.3 is 23.9 Å². The van der Waals surface area contributed by atoms with Crippen molar-refractivity contribution in [2.24, 2.45) is 0 Å². The van der Waals surface area contributed by atoms with Crippen molar-refractivity contribution in [1.82, 2.24) is 19.6 Å². The van der Waals surface area contributed by atoms with Crippen LogP contribution in [-0.2, 0) is 38.1 Å². The molecule has 102 heavy (non-hydrogen) atoms. The molecule has 0 bridgehead atoms. The first-order valence-corrected chi connectivity index (χ1v) is 45.2.